The lowest BCUT2D eigenvalue weighted by atomic mass is 9.86. The molecule has 284 valence electrons. The number of aryl methyl sites for hydroxylation is 1. The number of hydrogen-bond acceptors (Lipinski definition) is 6. The summed E-state index contributed by atoms with van der Waals surface area (Å²) in [5.41, 5.74) is 2.70. The van der Waals surface area contributed by atoms with E-state index < -0.39 is 23.4 Å². The van der Waals surface area contributed by atoms with Crippen LogP contribution in [0.15, 0.2) is 54.6 Å². The fraction of sp³-hybridized carbons (Fsp3) is 0.585. The van der Waals surface area contributed by atoms with Crippen LogP contribution >= 0.6 is 0 Å². The molecule has 4 N–H and O–H groups in total. The van der Waals surface area contributed by atoms with E-state index in [4.69, 9.17) is 10.2 Å². The summed E-state index contributed by atoms with van der Waals surface area (Å²) in [5, 5.41) is 23.1. The second-order valence-corrected chi connectivity index (χ2v) is 14.9. The first-order chi connectivity index (χ1) is 25.0. The topological polar surface area (TPSA) is 156 Å². The van der Waals surface area contributed by atoms with Crippen LogP contribution in [0.3, 0.4) is 0 Å². The first-order valence-electron chi connectivity index (χ1n) is 19.2. The fourth-order valence-electron chi connectivity index (χ4n) is 7.50. The van der Waals surface area contributed by atoms with Crippen LogP contribution in [0.1, 0.15) is 108 Å². The fourth-order valence-corrected chi connectivity index (χ4v) is 7.50. The number of anilines is 1. The molecule has 3 aliphatic rings. The average Bonchev–Trinajstić information content (AvgIpc) is 3.35. The number of benzene rings is 2. The van der Waals surface area contributed by atoms with Crippen molar-refractivity contribution in [2.75, 3.05) is 31.1 Å². The van der Waals surface area contributed by atoms with Gasteiger partial charge in [0.2, 0.25) is 17.7 Å². The minimum atomic E-state index is -0.740. The molecule has 11 nitrogen and oxygen atoms in total. The van der Waals surface area contributed by atoms with Crippen LogP contribution in [0, 0.1) is 5.92 Å². The van der Waals surface area contributed by atoms with Gasteiger partial charge < -0.3 is 30.6 Å². The quantitative estimate of drug-likeness (QED) is 0.161. The summed E-state index contributed by atoms with van der Waals surface area (Å²) in [4.78, 5) is 64.4. The Kier molecular flexibility index (Phi) is 15.7. The highest BCUT2D eigenvalue weighted by Gasteiger charge is 2.47. The van der Waals surface area contributed by atoms with Crippen LogP contribution in [0.2, 0.25) is 0 Å². The number of nitrogens with one attached hydrogen (secondary N) is 2. The summed E-state index contributed by atoms with van der Waals surface area (Å²) in [6.07, 6.45) is 10.4. The summed E-state index contributed by atoms with van der Waals surface area (Å²) in [6, 6.07) is 17.7. The molecule has 5 rings (SSSR count). The van der Waals surface area contributed by atoms with Crippen LogP contribution in [0.4, 0.5) is 5.69 Å². The number of piperidine rings is 2. The van der Waals surface area contributed by atoms with E-state index in [0.29, 0.717) is 26.1 Å². The molecule has 0 aliphatic carbocycles. The highest BCUT2D eigenvalue weighted by molar-refractivity contribution is 6.08. The van der Waals surface area contributed by atoms with Crippen LogP contribution in [0.25, 0.3) is 0 Å². The van der Waals surface area contributed by atoms with Gasteiger partial charge in [-0.3, -0.25) is 24.0 Å². The number of aliphatic carboxylic acids is 2. The van der Waals surface area contributed by atoms with Crippen LogP contribution < -0.4 is 15.5 Å². The van der Waals surface area contributed by atoms with Gasteiger partial charge in [0.05, 0.1) is 11.3 Å². The van der Waals surface area contributed by atoms with E-state index in [2.05, 4.69) is 22.8 Å². The van der Waals surface area contributed by atoms with Crippen molar-refractivity contribution in [3.63, 3.8) is 0 Å². The van der Waals surface area contributed by atoms with Crippen molar-refractivity contribution in [3.05, 3.63) is 65.7 Å². The van der Waals surface area contributed by atoms with Gasteiger partial charge in [-0.1, -0.05) is 74.2 Å². The number of nitrogens with zero attached hydrogens (tertiary/aromatic N) is 2. The lowest BCUT2D eigenvalue weighted by Crippen LogP contribution is -2.55. The van der Waals surface area contributed by atoms with Crippen molar-refractivity contribution >= 4 is 35.3 Å². The maximum absolute atomic E-state index is 13.7. The number of carboxylic acid groups (broad SMARTS) is 2. The molecule has 0 bridgehead atoms. The molecule has 52 heavy (non-hydrogen) atoms. The zero-order valence-corrected chi connectivity index (χ0v) is 31.0. The van der Waals surface area contributed by atoms with Gasteiger partial charge in [-0.15, -0.1) is 0 Å². The van der Waals surface area contributed by atoms with Gasteiger partial charge in [-0.25, -0.2) is 0 Å². The molecule has 0 radical (unpaired) electrons. The number of hydrogen-bond donors (Lipinski definition) is 4. The van der Waals surface area contributed by atoms with Gasteiger partial charge in [-0.2, -0.15) is 0 Å². The number of amides is 3. The summed E-state index contributed by atoms with van der Waals surface area (Å²) < 4.78 is 0. The first kappa shape index (κ1) is 40.5. The molecule has 2 aromatic carbocycles. The first-order valence-corrected chi connectivity index (χ1v) is 19.2. The molecule has 2 aromatic rings. The van der Waals surface area contributed by atoms with Gasteiger partial charge in [0.25, 0.3) is 0 Å². The zero-order valence-electron chi connectivity index (χ0n) is 31.0. The number of rotatable bonds is 16. The summed E-state index contributed by atoms with van der Waals surface area (Å²) in [6.45, 7) is 6.76. The second kappa shape index (κ2) is 20.1. The van der Waals surface area contributed by atoms with Crippen molar-refractivity contribution in [1.82, 2.24) is 15.5 Å². The number of fused-ring (bicyclic) bond motifs is 1. The molecule has 0 saturated carbocycles. The minimum Gasteiger partial charge on any atom is -0.481 e. The Morgan fingerprint density at radius 1 is 0.846 bits per heavy atom. The highest BCUT2D eigenvalue weighted by Crippen LogP contribution is 2.43. The number of carboxylic acids is 2. The molecule has 1 unspecified atom stereocenters. The Morgan fingerprint density at radius 3 is 2.04 bits per heavy atom. The minimum absolute atomic E-state index is 0.00928. The van der Waals surface area contributed by atoms with E-state index in [9.17, 15) is 24.0 Å². The van der Waals surface area contributed by atoms with Gasteiger partial charge >= 0.3 is 11.9 Å². The SMILES string of the molecule is CC1(C)C(=O)N(C2CCN(C(=O)C(CCc3ccccc3)NC(=O)[C@@H]3CCCNC3)CC2)c2ccccc21.O=C(O)CCCCCCCCC(=O)O. The molecule has 11 heteroatoms. The largest absolute Gasteiger partial charge is 0.481 e. The number of likely N-dealkylation sites (tertiary alicyclic amines) is 1. The van der Waals surface area contributed by atoms with Crippen molar-refractivity contribution in [2.45, 2.75) is 121 Å². The molecule has 3 heterocycles. The summed E-state index contributed by atoms with van der Waals surface area (Å²) in [5.74, 6) is -1.47. The summed E-state index contributed by atoms with van der Waals surface area (Å²) >= 11 is 0. The van der Waals surface area contributed by atoms with Gasteiger partial charge in [0.15, 0.2) is 0 Å². The number of carbonyl (C=O) groups excluding carboxylic acids is 3. The Balaban J connectivity index is 0.000000368. The molecular formula is C41H58N4O7. The highest BCUT2D eigenvalue weighted by atomic mass is 16.4. The molecule has 3 aliphatic heterocycles. The molecule has 2 saturated heterocycles. The molecule has 3 amide bonds. The van der Waals surface area contributed by atoms with Crippen molar-refractivity contribution in [2.24, 2.45) is 5.92 Å². The van der Waals surface area contributed by atoms with Crippen LogP contribution in [0.5, 0.6) is 0 Å². The Bertz CT molecular complexity index is 1460. The second-order valence-electron chi connectivity index (χ2n) is 14.9. The van der Waals surface area contributed by atoms with Gasteiger partial charge in [-0.05, 0) is 89.0 Å². The number of carbonyl (C=O) groups is 5. The number of para-hydroxylation sites is 1. The third-order valence-corrected chi connectivity index (χ3v) is 10.6. The van der Waals surface area contributed by atoms with Crippen molar-refractivity contribution in [1.29, 1.82) is 0 Å². The summed E-state index contributed by atoms with van der Waals surface area (Å²) in [7, 11) is 0. The van der Waals surface area contributed by atoms with Crippen LogP contribution in [-0.4, -0.2) is 83.0 Å². The third-order valence-electron chi connectivity index (χ3n) is 10.6. The predicted octanol–water partition coefficient (Wildman–Crippen LogP) is 5.70. The van der Waals surface area contributed by atoms with E-state index in [-0.39, 0.29) is 42.5 Å². The normalized spacial score (nSPS) is 18.9. The monoisotopic (exact) mass is 718 g/mol. The molecule has 0 aromatic heterocycles. The predicted molar refractivity (Wildman–Crippen MR) is 201 cm³/mol. The lowest BCUT2D eigenvalue weighted by molar-refractivity contribution is -0.138. The molecular weight excluding hydrogens is 660 g/mol. The molecule has 2 atom stereocenters. The Labute approximate surface area is 308 Å². The van der Waals surface area contributed by atoms with E-state index >= 15 is 0 Å². The zero-order chi connectivity index (χ0) is 37.5. The van der Waals surface area contributed by atoms with Crippen LogP contribution in [-0.2, 0) is 35.8 Å². The molecule has 2 fully saturated rings. The van der Waals surface area contributed by atoms with Gasteiger partial charge in [0.1, 0.15) is 6.04 Å². The smallest absolute Gasteiger partial charge is 0.303 e. The Hall–Kier alpha value is -4.25. The van der Waals surface area contributed by atoms with Crippen molar-refractivity contribution in [3.8, 4) is 0 Å². The van der Waals surface area contributed by atoms with Gasteiger partial charge in [0, 0.05) is 44.2 Å². The standard InChI is InChI=1S/C31H40N4O3.C10H18O4/c1-31(2)25-12-6-7-13-27(25)35(30(31)38)24-16-19-34(20-17-24)29(37)26(15-14-22-9-4-3-5-10-22)33-28(36)23-11-8-18-32-21-23;11-9(12)7-5-3-1-2-4-6-8-10(13)14/h3-7,9-10,12-13,23-24,26,32H,8,11,14-21H2,1-2H3,(H,33,36);1-8H2,(H,11,12)(H,13,14)/t23-,26?;/m1./s1. The van der Waals surface area contributed by atoms with E-state index in [1.54, 1.807) is 0 Å². The maximum atomic E-state index is 13.7. The van der Waals surface area contributed by atoms with E-state index in [1.807, 2.05) is 66.1 Å². The maximum Gasteiger partial charge on any atom is 0.303 e. The van der Waals surface area contributed by atoms with Crippen molar-refractivity contribution < 1.29 is 34.2 Å². The lowest BCUT2D eigenvalue weighted by Gasteiger charge is -2.39. The third kappa shape index (κ3) is 11.6. The molecule has 0 spiro atoms. The number of unbranched alkanes of at least 4 members (excludes halogenated alkanes) is 5. The Morgan fingerprint density at radius 2 is 1.44 bits per heavy atom. The van der Waals surface area contributed by atoms with E-state index in [0.717, 1.165) is 94.0 Å². The van der Waals surface area contributed by atoms with E-state index in [1.165, 1.54) is 0 Å². The average molecular weight is 719 g/mol.